The highest BCUT2D eigenvalue weighted by Crippen LogP contribution is 2.35. The third kappa shape index (κ3) is 10.9. The first-order chi connectivity index (χ1) is 27.2. The summed E-state index contributed by atoms with van der Waals surface area (Å²) >= 11 is 0. The van der Waals surface area contributed by atoms with Gasteiger partial charge in [-0.05, 0) is 81.2 Å². The van der Waals surface area contributed by atoms with Crippen molar-refractivity contribution in [2.24, 2.45) is 0 Å². The van der Waals surface area contributed by atoms with Gasteiger partial charge < -0.3 is 5.02 Å². The van der Waals surface area contributed by atoms with E-state index in [-0.39, 0.29) is 5.91 Å². The third-order valence-electron chi connectivity index (χ3n) is 9.64. The lowest BCUT2D eigenvalue weighted by atomic mass is 9.84. The van der Waals surface area contributed by atoms with Crippen LogP contribution in [0.25, 0.3) is 27.6 Å². The molecule has 281 valence electrons. The maximum atomic E-state index is 13.0. The molecule has 0 aliphatic carbocycles. The van der Waals surface area contributed by atoms with Crippen LogP contribution in [0.4, 0.5) is 0 Å². The minimum absolute atomic E-state index is 0.234. The molecule has 2 N–H and O–H groups in total. The van der Waals surface area contributed by atoms with Gasteiger partial charge in [0.15, 0.2) is 0 Å². The van der Waals surface area contributed by atoms with Gasteiger partial charge >= 0.3 is 7.48 Å². The number of amides is 1. The van der Waals surface area contributed by atoms with Crippen LogP contribution in [0, 0.1) is 0 Å². The molecule has 0 heterocycles. The van der Waals surface area contributed by atoms with Gasteiger partial charge in [0.2, 0.25) is 0 Å². The predicted octanol–water partition coefficient (Wildman–Crippen LogP) is 8.84. The van der Waals surface area contributed by atoms with Crippen LogP contribution in [0.3, 0.4) is 0 Å². The second kappa shape index (κ2) is 20.5. The van der Waals surface area contributed by atoms with Gasteiger partial charge in [-0.3, -0.25) is 15.1 Å². The number of carbonyl (C=O) groups excluding carboxylic acids is 1. The molecule has 5 nitrogen and oxygen atoms in total. The number of rotatable bonds is 15. The zero-order valence-electron chi connectivity index (χ0n) is 33.4. The highest BCUT2D eigenvalue weighted by molar-refractivity contribution is 6.46. The number of benzene rings is 6. The second-order valence-electron chi connectivity index (χ2n) is 14.1. The summed E-state index contributed by atoms with van der Waals surface area (Å²) in [5.74, 6) is -0.234. The summed E-state index contributed by atoms with van der Waals surface area (Å²) in [5, 5.41) is 16.6. The van der Waals surface area contributed by atoms with Crippen molar-refractivity contribution in [2.45, 2.75) is 67.3 Å². The molecule has 6 aromatic rings. The van der Waals surface area contributed by atoms with Crippen LogP contribution in [0.5, 0.6) is 0 Å². The predicted molar refractivity (Wildman–Crippen MR) is 239 cm³/mol. The molecule has 6 aromatic carbocycles. The Kier molecular flexibility index (Phi) is 15.2. The molecule has 56 heavy (non-hydrogen) atoms. The Bertz CT molecular complexity index is 2270. The molecular weight excluding hydrogens is 684 g/mol. The van der Waals surface area contributed by atoms with Crippen LogP contribution in [0.1, 0.15) is 68.0 Å². The fourth-order valence-corrected chi connectivity index (χ4v) is 6.88. The summed E-state index contributed by atoms with van der Waals surface area (Å²) in [6, 6.07) is 41.6. The van der Waals surface area contributed by atoms with Gasteiger partial charge in [-0.15, -0.1) is 0 Å². The van der Waals surface area contributed by atoms with Crippen molar-refractivity contribution >= 4 is 59.8 Å². The number of fused-ring (bicyclic) bond motifs is 2. The number of allylic oxidation sites excluding steroid dienone is 3. The van der Waals surface area contributed by atoms with Crippen LogP contribution in [0.15, 0.2) is 151 Å². The quantitative estimate of drug-likeness (QED) is 0.0364. The van der Waals surface area contributed by atoms with Gasteiger partial charge in [0.1, 0.15) is 7.85 Å². The molecule has 0 fully saturated rings. The van der Waals surface area contributed by atoms with Crippen molar-refractivity contribution in [3.05, 3.63) is 185 Å². The maximum absolute atomic E-state index is 13.0. The van der Waals surface area contributed by atoms with Crippen LogP contribution < -0.4 is 16.4 Å². The Morgan fingerprint density at radius 3 is 1.79 bits per heavy atom. The lowest BCUT2D eigenvalue weighted by Gasteiger charge is -2.28. The smallest absolute Gasteiger partial charge is 0.327 e. The number of hydrogen-bond acceptors (Lipinski definition) is 4. The van der Waals surface area contributed by atoms with Crippen LogP contribution in [-0.4, -0.2) is 36.2 Å². The lowest BCUT2D eigenvalue weighted by Crippen LogP contribution is -2.42. The van der Waals surface area contributed by atoms with E-state index in [0.29, 0.717) is 43.8 Å². The highest BCUT2D eigenvalue weighted by Gasteiger charge is 2.21. The molecule has 0 atom stereocenters. The average Bonchev–Trinajstić information content (AvgIpc) is 3.21. The molecule has 0 bridgehead atoms. The zero-order chi connectivity index (χ0) is 40.0. The van der Waals surface area contributed by atoms with E-state index in [1.165, 1.54) is 24.2 Å². The first-order valence-corrected chi connectivity index (χ1v) is 19.3. The van der Waals surface area contributed by atoms with Gasteiger partial charge in [-0.2, -0.15) is 0 Å². The van der Waals surface area contributed by atoms with Crippen molar-refractivity contribution in [2.75, 3.05) is 0 Å². The normalized spacial score (nSPS) is 11.1. The van der Waals surface area contributed by atoms with Crippen molar-refractivity contribution < 1.29 is 9.82 Å². The summed E-state index contributed by atoms with van der Waals surface area (Å²) in [5.41, 5.74) is 13.0. The summed E-state index contributed by atoms with van der Waals surface area (Å²) in [4.78, 5) is 15.5. The maximum Gasteiger partial charge on any atom is 0.327 e. The molecule has 6 rings (SSSR count). The second-order valence-corrected chi connectivity index (χ2v) is 14.1. The van der Waals surface area contributed by atoms with Gasteiger partial charge in [-0.1, -0.05) is 171 Å². The number of carbonyl (C=O) groups is 1. The van der Waals surface area contributed by atoms with E-state index < -0.39 is 0 Å². The van der Waals surface area contributed by atoms with E-state index in [2.05, 4.69) is 128 Å². The summed E-state index contributed by atoms with van der Waals surface area (Å²) < 4.78 is 0. The summed E-state index contributed by atoms with van der Waals surface area (Å²) in [6.45, 7) is 16.7. The monoisotopic (exact) mass is 736 g/mol. The van der Waals surface area contributed by atoms with Crippen LogP contribution >= 0.6 is 0 Å². The highest BCUT2D eigenvalue weighted by atomic mass is 16.2. The Balaban J connectivity index is 0.00000295. The molecule has 0 saturated heterocycles. The topological polar surface area (TPSA) is 55.8 Å². The molecule has 0 spiro atoms. The molecule has 3 radical (unpaired) electrons. The first-order valence-electron chi connectivity index (χ1n) is 19.3. The lowest BCUT2D eigenvalue weighted by molar-refractivity contribution is -0.122. The largest absolute Gasteiger partial charge is 0.450 e. The number of nitrogens with zero attached hydrogens (tertiary/aromatic N) is 2. The van der Waals surface area contributed by atoms with Crippen molar-refractivity contribution in [1.82, 2.24) is 15.3 Å². The summed E-state index contributed by atoms with van der Waals surface area (Å²) in [6.07, 6.45) is 6.32. The van der Waals surface area contributed by atoms with E-state index in [4.69, 9.17) is 7.85 Å². The van der Waals surface area contributed by atoms with Crippen LogP contribution in [0.2, 0.25) is 0 Å². The van der Waals surface area contributed by atoms with Gasteiger partial charge in [-0.25, -0.2) is 5.01 Å². The molecule has 7 heteroatoms. The Hall–Kier alpha value is -5.46. The van der Waals surface area contributed by atoms with Gasteiger partial charge in [0.25, 0.3) is 5.91 Å². The number of nitrogens with one attached hydrogen (secondary N) is 1. The fourth-order valence-electron chi connectivity index (χ4n) is 6.88. The molecule has 0 aliphatic heterocycles. The van der Waals surface area contributed by atoms with E-state index in [1.54, 1.807) is 6.92 Å². The Labute approximate surface area is 335 Å². The number of hydrazine groups is 1. The Morgan fingerprint density at radius 2 is 1.23 bits per heavy atom. The minimum Gasteiger partial charge on any atom is -0.450 e. The summed E-state index contributed by atoms with van der Waals surface area (Å²) in [7, 11) is 7.58. The van der Waals surface area contributed by atoms with Gasteiger partial charge in [0.05, 0.1) is 0 Å². The van der Waals surface area contributed by atoms with Gasteiger partial charge in [0, 0.05) is 38.3 Å². The standard InChI is InChI=1S/C47H46B2N3O2.C2H6/c1-33(2)14-13-15-35-24-26-36(27-25-35)28-51(29-38-17-6-12-23-46(38)49-54)31-43-39-18-7-9-20-41(39)44(42-21-10-8-19-40(42)43)32-52(50-47(53)34(3)4)30-37-16-5-11-22-45(37)48;1-2/h5-27,54H,3,28-32H2,1-2,4H3,(H,50,53);1-2H3/b15-13-;. The molecule has 0 aliphatic rings. The molecular formula is C49H52B2N3O2. The van der Waals surface area contributed by atoms with E-state index in [9.17, 15) is 9.82 Å². The van der Waals surface area contributed by atoms with Crippen molar-refractivity contribution in [1.29, 1.82) is 0 Å². The minimum atomic E-state index is -0.234. The molecule has 0 unspecified atom stereocenters. The number of hydrogen-bond donors (Lipinski definition) is 2. The SMILES string of the molecule is CC.[B]c1ccccc1CN(Cc1c2ccccc2c(CN(Cc2ccc(/C=C\C=C(C)C)cc2)Cc2ccccc2[B]O)c2ccccc12)NC(=O)C(=C)C. The molecule has 0 saturated carbocycles. The molecule has 1 amide bonds. The Morgan fingerprint density at radius 1 is 0.696 bits per heavy atom. The third-order valence-corrected chi connectivity index (χ3v) is 9.64. The van der Waals surface area contributed by atoms with E-state index in [1.807, 2.05) is 61.3 Å². The van der Waals surface area contributed by atoms with E-state index >= 15 is 0 Å². The van der Waals surface area contributed by atoms with Crippen molar-refractivity contribution in [3.63, 3.8) is 0 Å². The van der Waals surface area contributed by atoms with E-state index in [0.717, 1.165) is 49.3 Å². The first kappa shape index (κ1) is 41.7. The van der Waals surface area contributed by atoms with Crippen LogP contribution in [-0.2, 0) is 37.5 Å². The fraction of sp³-hybridized carbons (Fsp3) is 0.204. The zero-order valence-corrected chi connectivity index (χ0v) is 33.4. The average molecular weight is 737 g/mol. The van der Waals surface area contributed by atoms with Crippen molar-refractivity contribution in [3.8, 4) is 0 Å². The molecule has 0 aromatic heterocycles.